The summed E-state index contributed by atoms with van der Waals surface area (Å²) < 4.78 is 5.67. The van der Waals surface area contributed by atoms with Gasteiger partial charge in [-0.25, -0.2) is 0 Å². The van der Waals surface area contributed by atoms with Gasteiger partial charge in [0.25, 0.3) is 0 Å². The zero-order valence-corrected chi connectivity index (χ0v) is 9.47. The van der Waals surface area contributed by atoms with Gasteiger partial charge >= 0.3 is 0 Å². The number of piperidine rings is 1. The lowest BCUT2D eigenvalue weighted by Crippen LogP contribution is -2.43. The average molecular weight is 185 g/mol. The Labute approximate surface area is 82.3 Å². The minimum Gasteiger partial charge on any atom is -0.376 e. The van der Waals surface area contributed by atoms with E-state index in [1.54, 1.807) is 0 Å². The average Bonchev–Trinajstić information content (AvgIpc) is 2.43. The zero-order chi connectivity index (χ0) is 9.90. The van der Waals surface area contributed by atoms with Crippen LogP contribution in [0.1, 0.15) is 34.1 Å². The fourth-order valence-corrected chi connectivity index (χ4v) is 2.35. The molecule has 2 bridgehead atoms. The second-order valence-corrected chi connectivity index (χ2v) is 4.28. The molecule has 13 heavy (non-hydrogen) atoms. The third-order valence-electron chi connectivity index (χ3n) is 2.90. The molecule has 2 aliphatic heterocycles. The quantitative estimate of drug-likeness (QED) is 0.620. The summed E-state index contributed by atoms with van der Waals surface area (Å²) in [5.41, 5.74) is 0.471. The highest BCUT2D eigenvalue weighted by molar-refractivity contribution is 4.92. The summed E-state index contributed by atoms with van der Waals surface area (Å²) in [5, 5.41) is 0. The van der Waals surface area contributed by atoms with Crippen LogP contribution in [0.4, 0.5) is 0 Å². The van der Waals surface area contributed by atoms with E-state index in [-0.39, 0.29) is 0 Å². The Morgan fingerprint density at radius 3 is 2.69 bits per heavy atom. The fourth-order valence-electron chi connectivity index (χ4n) is 2.35. The van der Waals surface area contributed by atoms with Crippen LogP contribution in [0.2, 0.25) is 0 Å². The minimum absolute atomic E-state index is 0.471. The van der Waals surface area contributed by atoms with E-state index in [0.29, 0.717) is 11.5 Å². The Hall–Kier alpha value is -0.0800. The van der Waals surface area contributed by atoms with Crippen LogP contribution >= 0.6 is 0 Å². The number of rotatable bonds is 1. The number of fused-ring (bicyclic) bond motifs is 2. The molecule has 0 aromatic carbocycles. The fraction of sp³-hybridized carbons (Fsp3) is 1.00. The van der Waals surface area contributed by atoms with Crippen LogP contribution in [0.15, 0.2) is 0 Å². The van der Waals surface area contributed by atoms with Crippen LogP contribution in [0.5, 0.6) is 0 Å². The van der Waals surface area contributed by atoms with Crippen LogP contribution in [-0.4, -0.2) is 37.2 Å². The number of ether oxygens (including phenoxy) is 1. The summed E-state index contributed by atoms with van der Waals surface area (Å²) in [6.07, 6.45) is 1.82. The van der Waals surface area contributed by atoms with Crippen molar-refractivity contribution in [3.05, 3.63) is 0 Å². The molecule has 2 atom stereocenters. The van der Waals surface area contributed by atoms with E-state index >= 15 is 0 Å². The molecule has 2 rings (SSSR count). The summed E-state index contributed by atoms with van der Waals surface area (Å²) in [4.78, 5) is 2.50. The topological polar surface area (TPSA) is 12.5 Å². The largest absolute Gasteiger partial charge is 0.376 e. The van der Waals surface area contributed by atoms with Crippen molar-refractivity contribution in [1.82, 2.24) is 4.90 Å². The number of hydrogen-bond acceptors (Lipinski definition) is 2. The van der Waals surface area contributed by atoms with Gasteiger partial charge in [-0.2, -0.15) is 0 Å². The number of likely N-dealkylation sites (tertiary alicyclic amines) is 1. The molecule has 1 unspecified atom stereocenters. The first-order valence-corrected chi connectivity index (χ1v) is 5.56. The van der Waals surface area contributed by atoms with Crippen molar-refractivity contribution in [2.45, 2.75) is 40.2 Å². The standard InChI is InChI=1S/C9H17NO.C2H6/c1-3-10-5-8-4-9(2,6-10)7-11-8;1-2/h8H,3-7H2,1-2H3;1-2H3/t8?,9-;/m1./s1. The molecule has 2 nitrogen and oxygen atoms in total. The van der Waals surface area contributed by atoms with Crippen molar-refractivity contribution in [3.8, 4) is 0 Å². The molecular weight excluding hydrogens is 162 g/mol. The van der Waals surface area contributed by atoms with E-state index in [1.807, 2.05) is 13.8 Å². The second-order valence-electron chi connectivity index (χ2n) is 4.28. The SMILES string of the molecule is CC.CCN1CC2C[C@@](C)(CO2)C1. The Bertz CT molecular complexity index is 160. The van der Waals surface area contributed by atoms with Crippen molar-refractivity contribution >= 4 is 0 Å². The van der Waals surface area contributed by atoms with Crippen molar-refractivity contribution in [2.75, 3.05) is 26.2 Å². The van der Waals surface area contributed by atoms with Crippen LogP contribution < -0.4 is 0 Å². The maximum atomic E-state index is 5.67. The second kappa shape index (κ2) is 4.43. The third-order valence-corrected chi connectivity index (χ3v) is 2.90. The van der Waals surface area contributed by atoms with E-state index in [9.17, 15) is 0 Å². The molecule has 2 heteroatoms. The molecular formula is C11H23NO. The number of hydrogen-bond donors (Lipinski definition) is 0. The maximum Gasteiger partial charge on any atom is 0.0708 e. The lowest BCUT2D eigenvalue weighted by atomic mass is 9.84. The Balaban J connectivity index is 0.000000396. The van der Waals surface area contributed by atoms with E-state index in [4.69, 9.17) is 4.74 Å². The molecule has 2 heterocycles. The van der Waals surface area contributed by atoms with Gasteiger partial charge in [0.05, 0.1) is 12.7 Å². The highest BCUT2D eigenvalue weighted by Gasteiger charge is 2.41. The minimum atomic E-state index is 0.471. The van der Waals surface area contributed by atoms with Gasteiger partial charge in [0.1, 0.15) is 0 Å². The third kappa shape index (κ3) is 2.44. The zero-order valence-electron chi connectivity index (χ0n) is 9.47. The van der Waals surface area contributed by atoms with Gasteiger partial charge in [-0.1, -0.05) is 27.7 Å². The number of likely N-dealkylation sites (N-methyl/N-ethyl adjacent to an activating group) is 1. The molecule has 0 N–H and O–H groups in total. The summed E-state index contributed by atoms with van der Waals surface area (Å²) in [7, 11) is 0. The van der Waals surface area contributed by atoms with E-state index in [0.717, 1.165) is 13.2 Å². The molecule has 2 fully saturated rings. The van der Waals surface area contributed by atoms with Crippen molar-refractivity contribution < 1.29 is 4.74 Å². The van der Waals surface area contributed by atoms with Gasteiger partial charge in [0.15, 0.2) is 0 Å². The first-order valence-electron chi connectivity index (χ1n) is 5.56. The molecule has 0 amide bonds. The van der Waals surface area contributed by atoms with Crippen LogP contribution in [0.25, 0.3) is 0 Å². The first kappa shape index (κ1) is 11.0. The summed E-state index contributed by atoms with van der Waals surface area (Å²) in [6, 6.07) is 0. The monoisotopic (exact) mass is 185 g/mol. The van der Waals surface area contributed by atoms with Crippen LogP contribution in [0.3, 0.4) is 0 Å². The first-order chi connectivity index (χ1) is 6.22. The summed E-state index contributed by atoms with van der Waals surface area (Å²) >= 11 is 0. The highest BCUT2D eigenvalue weighted by atomic mass is 16.5. The molecule has 0 aromatic heterocycles. The van der Waals surface area contributed by atoms with Gasteiger partial charge in [0, 0.05) is 18.5 Å². The van der Waals surface area contributed by atoms with E-state index < -0.39 is 0 Å². The van der Waals surface area contributed by atoms with Crippen molar-refractivity contribution in [3.63, 3.8) is 0 Å². The molecule has 0 radical (unpaired) electrons. The summed E-state index contributed by atoms with van der Waals surface area (Å²) in [6.45, 7) is 13.1. The lowest BCUT2D eigenvalue weighted by Gasteiger charge is -2.35. The molecule has 0 aliphatic carbocycles. The molecule has 2 saturated heterocycles. The molecule has 78 valence electrons. The molecule has 0 spiro atoms. The number of nitrogens with zero attached hydrogens (tertiary/aromatic N) is 1. The van der Waals surface area contributed by atoms with Gasteiger partial charge < -0.3 is 9.64 Å². The molecule has 0 aromatic rings. The van der Waals surface area contributed by atoms with Crippen LogP contribution in [0, 0.1) is 5.41 Å². The Kier molecular flexibility index (Phi) is 3.74. The molecule has 0 saturated carbocycles. The van der Waals surface area contributed by atoms with Gasteiger partial charge in [-0.3, -0.25) is 0 Å². The maximum absolute atomic E-state index is 5.67. The van der Waals surface area contributed by atoms with Crippen molar-refractivity contribution in [1.29, 1.82) is 0 Å². The van der Waals surface area contributed by atoms with E-state index in [1.165, 1.54) is 19.5 Å². The van der Waals surface area contributed by atoms with E-state index in [2.05, 4.69) is 18.7 Å². The molecule has 2 aliphatic rings. The normalized spacial score (nSPS) is 38.3. The summed E-state index contributed by atoms with van der Waals surface area (Å²) in [5.74, 6) is 0. The Morgan fingerprint density at radius 2 is 2.15 bits per heavy atom. The van der Waals surface area contributed by atoms with Crippen LogP contribution in [-0.2, 0) is 4.74 Å². The highest BCUT2D eigenvalue weighted by Crippen LogP contribution is 2.37. The van der Waals surface area contributed by atoms with Gasteiger partial charge in [-0.15, -0.1) is 0 Å². The predicted molar refractivity (Wildman–Crippen MR) is 55.9 cm³/mol. The smallest absolute Gasteiger partial charge is 0.0708 e. The van der Waals surface area contributed by atoms with Gasteiger partial charge in [0.2, 0.25) is 0 Å². The lowest BCUT2D eigenvalue weighted by molar-refractivity contribution is 0.0847. The predicted octanol–water partition coefficient (Wildman–Crippen LogP) is 2.14. The Morgan fingerprint density at radius 1 is 1.46 bits per heavy atom. The van der Waals surface area contributed by atoms with Crippen molar-refractivity contribution in [2.24, 2.45) is 5.41 Å². The van der Waals surface area contributed by atoms with Gasteiger partial charge in [-0.05, 0) is 13.0 Å².